The summed E-state index contributed by atoms with van der Waals surface area (Å²) in [5.41, 5.74) is 11.2. The normalized spacial score (nSPS) is 32.1. The molecular weight excluding hydrogens is 206 g/mol. The van der Waals surface area contributed by atoms with Crippen LogP contribution in [0.15, 0.2) is 0 Å². The summed E-state index contributed by atoms with van der Waals surface area (Å²) < 4.78 is 0. The third-order valence-electron chi connectivity index (χ3n) is 3.07. The highest BCUT2D eigenvalue weighted by Gasteiger charge is 2.26. The zero-order valence-electron chi connectivity index (χ0n) is 9.86. The van der Waals surface area contributed by atoms with E-state index in [0.717, 1.165) is 19.3 Å². The van der Waals surface area contributed by atoms with Crippen LogP contribution >= 0.6 is 0 Å². The average molecular weight is 229 g/mol. The first-order chi connectivity index (χ1) is 7.52. The minimum absolute atomic E-state index is 0.0960. The van der Waals surface area contributed by atoms with Crippen LogP contribution in [0.3, 0.4) is 0 Å². The third kappa shape index (κ3) is 4.08. The van der Waals surface area contributed by atoms with Crippen LogP contribution in [0.2, 0.25) is 0 Å². The smallest absolute Gasteiger partial charge is 0.249 e. The lowest BCUT2D eigenvalue weighted by atomic mass is 9.84. The van der Waals surface area contributed by atoms with E-state index < -0.39 is 6.10 Å². The molecule has 5 heteroatoms. The number of carbonyl (C=O) groups is 1. The van der Waals surface area contributed by atoms with E-state index in [1.54, 1.807) is 0 Å². The Morgan fingerprint density at radius 3 is 2.75 bits per heavy atom. The molecule has 0 aromatic carbocycles. The summed E-state index contributed by atoms with van der Waals surface area (Å²) in [6, 6.07) is 0.249. The fourth-order valence-electron chi connectivity index (χ4n) is 2.36. The van der Waals surface area contributed by atoms with E-state index in [9.17, 15) is 9.90 Å². The summed E-state index contributed by atoms with van der Waals surface area (Å²) in [5, 5.41) is 12.3. The first-order valence-corrected chi connectivity index (χ1v) is 5.97. The first-order valence-electron chi connectivity index (χ1n) is 5.97. The Morgan fingerprint density at radius 2 is 2.19 bits per heavy atom. The largest absolute Gasteiger partial charge is 0.383 e. The van der Waals surface area contributed by atoms with Crippen LogP contribution in [0.1, 0.15) is 32.6 Å². The molecule has 1 fully saturated rings. The lowest BCUT2D eigenvalue weighted by Crippen LogP contribution is -2.47. The minimum atomic E-state index is -0.988. The topological polar surface area (TPSA) is 101 Å². The van der Waals surface area contributed by atoms with Crippen LogP contribution in [0.5, 0.6) is 0 Å². The van der Waals surface area contributed by atoms with Gasteiger partial charge in [-0.25, -0.2) is 0 Å². The zero-order valence-corrected chi connectivity index (χ0v) is 9.86. The summed E-state index contributed by atoms with van der Waals surface area (Å²) >= 11 is 0. The van der Waals surface area contributed by atoms with Crippen molar-refractivity contribution in [3.63, 3.8) is 0 Å². The van der Waals surface area contributed by atoms with Gasteiger partial charge in [-0.2, -0.15) is 0 Å². The van der Waals surface area contributed by atoms with Gasteiger partial charge in [0.05, 0.1) is 0 Å². The molecule has 1 saturated carbocycles. The van der Waals surface area contributed by atoms with Crippen LogP contribution in [-0.2, 0) is 4.79 Å². The van der Waals surface area contributed by atoms with Crippen molar-refractivity contribution in [2.45, 2.75) is 50.8 Å². The molecule has 0 aromatic rings. The molecule has 0 spiro atoms. The van der Waals surface area contributed by atoms with Crippen LogP contribution in [0.25, 0.3) is 0 Å². The molecular formula is C11H23N3O2. The van der Waals surface area contributed by atoms with Gasteiger partial charge in [-0.1, -0.05) is 6.92 Å². The summed E-state index contributed by atoms with van der Waals surface area (Å²) in [4.78, 5) is 11.6. The number of hydrogen-bond donors (Lipinski definition) is 4. The second kappa shape index (κ2) is 6.18. The SMILES string of the molecule is CC1CC(N)CC(NC(=O)C(O)CCN)C1. The molecule has 1 aliphatic rings. The number of nitrogens with two attached hydrogens (primary N) is 2. The molecule has 0 aromatic heterocycles. The maximum absolute atomic E-state index is 11.6. The zero-order chi connectivity index (χ0) is 12.1. The quantitative estimate of drug-likeness (QED) is 0.513. The van der Waals surface area contributed by atoms with E-state index in [2.05, 4.69) is 12.2 Å². The van der Waals surface area contributed by atoms with Gasteiger partial charge in [0, 0.05) is 12.1 Å². The Kier molecular flexibility index (Phi) is 5.18. The Balaban J connectivity index is 2.38. The molecule has 0 heterocycles. The van der Waals surface area contributed by atoms with Crippen molar-refractivity contribution in [3.05, 3.63) is 0 Å². The van der Waals surface area contributed by atoms with E-state index in [-0.39, 0.29) is 18.0 Å². The van der Waals surface area contributed by atoms with Crippen molar-refractivity contribution in [3.8, 4) is 0 Å². The molecule has 1 aliphatic carbocycles. The molecule has 0 radical (unpaired) electrons. The molecule has 1 rings (SSSR count). The molecule has 16 heavy (non-hydrogen) atoms. The summed E-state index contributed by atoms with van der Waals surface area (Å²) in [6.45, 7) is 2.45. The van der Waals surface area contributed by atoms with E-state index in [4.69, 9.17) is 11.5 Å². The Hall–Kier alpha value is -0.650. The number of aliphatic hydroxyl groups excluding tert-OH is 1. The van der Waals surface area contributed by atoms with Gasteiger partial charge in [0.1, 0.15) is 6.10 Å². The maximum atomic E-state index is 11.6. The average Bonchev–Trinajstić information content (AvgIpc) is 2.16. The number of amides is 1. The summed E-state index contributed by atoms with van der Waals surface area (Å²) in [5.74, 6) is 0.206. The molecule has 1 amide bonds. The highest BCUT2D eigenvalue weighted by Crippen LogP contribution is 2.22. The Labute approximate surface area is 96.6 Å². The molecule has 4 atom stereocenters. The third-order valence-corrected chi connectivity index (χ3v) is 3.07. The van der Waals surface area contributed by atoms with E-state index in [1.165, 1.54) is 0 Å². The lowest BCUT2D eigenvalue weighted by molar-refractivity contribution is -0.130. The molecule has 0 saturated heterocycles. The predicted octanol–water partition coefficient (Wildman–Crippen LogP) is -0.672. The van der Waals surface area contributed by atoms with E-state index >= 15 is 0 Å². The van der Waals surface area contributed by atoms with Gasteiger partial charge in [-0.05, 0) is 38.1 Å². The second-order valence-electron chi connectivity index (χ2n) is 4.87. The Bertz CT molecular complexity index is 225. The molecule has 5 nitrogen and oxygen atoms in total. The predicted molar refractivity (Wildman–Crippen MR) is 62.6 cm³/mol. The van der Waals surface area contributed by atoms with Gasteiger partial charge in [0.15, 0.2) is 0 Å². The van der Waals surface area contributed by atoms with Gasteiger partial charge in [-0.15, -0.1) is 0 Å². The second-order valence-corrected chi connectivity index (χ2v) is 4.87. The van der Waals surface area contributed by atoms with Crippen LogP contribution in [0, 0.1) is 5.92 Å². The molecule has 0 bridgehead atoms. The van der Waals surface area contributed by atoms with E-state index in [1.807, 2.05) is 0 Å². The van der Waals surface area contributed by atoms with Crippen LogP contribution in [0.4, 0.5) is 0 Å². The van der Waals surface area contributed by atoms with Crippen molar-refractivity contribution in [1.82, 2.24) is 5.32 Å². The molecule has 94 valence electrons. The molecule has 6 N–H and O–H groups in total. The van der Waals surface area contributed by atoms with E-state index in [0.29, 0.717) is 18.9 Å². The number of carbonyl (C=O) groups excluding carboxylic acids is 1. The minimum Gasteiger partial charge on any atom is -0.383 e. The molecule has 4 unspecified atom stereocenters. The van der Waals surface area contributed by atoms with Crippen molar-refractivity contribution in [1.29, 1.82) is 0 Å². The number of hydrogen-bond acceptors (Lipinski definition) is 4. The van der Waals surface area contributed by atoms with Gasteiger partial charge < -0.3 is 21.9 Å². The number of rotatable bonds is 4. The monoisotopic (exact) mass is 229 g/mol. The number of aliphatic hydroxyl groups is 1. The van der Waals surface area contributed by atoms with Crippen molar-refractivity contribution < 1.29 is 9.90 Å². The summed E-state index contributed by atoms with van der Waals surface area (Å²) in [7, 11) is 0. The lowest BCUT2D eigenvalue weighted by Gasteiger charge is -2.32. The van der Waals surface area contributed by atoms with Crippen LogP contribution in [-0.4, -0.2) is 35.7 Å². The standard InChI is InChI=1S/C11H23N3O2/c1-7-4-8(13)6-9(5-7)14-11(16)10(15)2-3-12/h7-10,15H,2-6,12-13H2,1H3,(H,14,16). The Morgan fingerprint density at radius 1 is 1.50 bits per heavy atom. The van der Waals surface area contributed by atoms with Crippen molar-refractivity contribution >= 4 is 5.91 Å². The highest BCUT2D eigenvalue weighted by atomic mass is 16.3. The maximum Gasteiger partial charge on any atom is 0.249 e. The molecule has 0 aliphatic heterocycles. The fourth-order valence-corrected chi connectivity index (χ4v) is 2.36. The summed E-state index contributed by atoms with van der Waals surface area (Å²) in [6.07, 6.45) is 2.07. The van der Waals surface area contributed by atoms with Gasteiger partial charge >= 0.3 is 0 Å². The fraction of sp³-hybridized carbons (Fsp3) is 0.909. The highest BCUT2D eigenvalue weighted by molar-refractivity contribution is 5.80. The van der Waals surface area contributed by atoms with Gasteiger partial charge in [-0.3, -0.25) is 4.79 Å². The first kappa shape index (κ1) is 13.4. The van der Waals surface area contributed by atoms with Crippen molar-refractivity contribution in [2.75, 3.05) is 6.54 Å². The van der Waals surface area contributed by atoms with Crippen LogP contribution < -0.4 is 16.8 Å². The number of nitrogens with one attached hydrogen (secondary N) is 1. The van der Waals surface area contributed by atoms with Crippen molar-refractivity contribution in [2.24, 2.45) is 17.4 Å². The van der Waals surface area contributed by atoms with Gasteiger partial charge in [0.2, 0.25) is 5.91 Å². The van der Waals surface area contributed by atoms with Gasteiger partial charge in [0.25, 0.3) is 0 Å².